The Kier molecular flexibility index (Phi) is 8.32. The molecule has 2 rings (SSSR count). The fourth-order valence-electron chi connectivity index (χ4n) is 2.29. The van der Waals surface area contributed by atoms with Crippen LogP contribution in [0.15, 0.2) is 45.3 Å². The molecule has 0 atom stereocenters. The van der Waals surface area contributed by atoms with Gasteiger partial charge in [0.15, 0.2) is 6.61 Å². The summed E-state index contributed by atoms with van der Waals surface area (Å²) in [4.78, 5) is 24.4. The monoisotopic (exact) mass is 512 g/mol. The highest BCUT2D eigenvalue weighted by atomic mass is 79.9. The molecule has 0 aliphatic heterocycles. The predicted octanol–water partition coefficient (Wildman–Crippen LogP) is 4.40. The summed E-state index contributed by atoms with van der Waals surface area (Å²) in [5.74, 6) is 0.0133. The van der Waals surface area contributed by atoms with Gasteiger partial charge in [-0.25, -0.2) is 0 Å². The summed E-state index contributed by atoms with van der Waals surface area (Å²) in [6.45, 7) is 5.56. The average Bonchev–Trinajstić information content (AvgIpc) is 2.66. The summed E-state index contributed by atoms with van der Waals surface area (Å²) in [6, 6.07) is 10.8. The van der Waals surface area contributed by atoms with Crippen LogP contribution in [-0.2, 0) is 11.2 Å². The minimum atomic E-state index is -0.487. The molecule has 0 saturated heterocycles. The number of benzene rings is 2. The van der Waals surface area contributed by atoms with E-state index in [2.05, 4.69) is 49.6 Å². The Morgan fingerprint density at radius 1 is 1.04 bits per heavy atom. The second kappa shape index (κ2) is 10.5. The Bertz CT molecular complexity index is 856. The van der Waals surface area contributed by atoms with Gasteiger partial charge in [-0.05, 0) is 72.1 Å². The topological polar surface area (TPSA) is 76.7 Å². The number of carbonyl (C=O) groups is 2. The number of rotatable bonds is 7. The van der Waals surface area contributed by atoms with E-state index >= 15 is 0 Å². The van der Waals surface area contributed by atoms with E-state index < -0.39 is 11.8 Å². The van der Waals surface area contributed by atoms with Crippen molar-refractivity contribution in [1.29, 1.82) is 0 Å². The molecule has 0 radical (unpaired) electrons. The molecule has 0 aliphatic carbocycles. The molecule has 0 unspecified atom stereocenters. The van der Waals surface area contributed by atoms with Gasteiger partial charge in [-0.2, -0.15) is 0 Å². The molecule has 0 fully saturated rings. The number of hydrazine groups is 1. The fraction of sp³-hybridized carbons (Fsp3) is 0.300. The van der Waals surface area contributed by atoms with Gasteiger partial charge in [0.1, 0.15) is 11.5 Å². The highest BCUT2D eigenvalue weighted by molar-refractivity contribution is 9.10. The summed E-state index contributed by atoms with van der Waals surface area (Å²) in [7, 11) is 0. The molecule has 6 nitrogen and oxygen atoms in total. The van der Waals surface area contributed by atoms with E-state index in [4.69, 9.17) is 9.47 Å². The lowest BCUT2D eigenvalue weighted by Crippen LogP contribution is -2.44. The van der Waals surface area contributed by atoms with Gasteiger partial charge in [0.05, 0.1) is 16.1 Å². The van der Waals surface area contributed by atoms with Gasteiger partial charge in [0.25, 0.3) is 11.8 Å². The Balaban J connectivity index is 1.92. The lowest BCUT2D eigenvalue weighted by molar-refractivity contribution is -0.123. The zero-order valence-corrected chi connectivity index (χ0v) is 19.0. The lowest BCUT2D eigenvalue weighted by atomic mass is 10.2. The van der Waals surface area contributed by atoms with Gasteiger partial charge in [0, 0.05) is 4.47 Å². The van der Waals surface area contributed by atoms with E-state index in [9.17, 15) is 9.59 Å². The summed E-state index contributed by atoms with van der Waals surface area (Å²) in [5, 5.41) is 0. The van der Waals surface area contributed by atoms with E-state index in [0.717, 1.165) is 20.9 Å². The molecule has 0 spiro atoms. The first kappa shape index (κ1) is 22.2. The van der Waals surface area contributed by atoms with Crippen molar-refractivity contribution < 1.29 is 19.1 Å². The highest BCUT2D eigenvalue weighted by Gasteiger charge is 2.15. The molecule has 0 bridgehead atoms. The van der Waals surface area contributed by atoms with Crippen LogP contribution in [0.25, 0.3) is 0 Å². The summed E-state index contributed by atoms with van der Waals surface area (Å²) in [6.07, 6.45) is 0.817. The molecule has 8 heteroatoms. The molecule has 2 aromatic rings. The van der Waals surface area contributed by atoms with Crippen LogP contribution in [-0.4, -0.2) is 24.5 Å². The molecule has 28 heavy (non-hydrogen) atoms. The Labute approximate surface area is 181 Å². The van der Waals surface area contributed by atoms with Crippen LogP contribution in [0, 0.1) is 0 Å². The van der Waals surface area contributed by atoms with Crippen molar-refractivity contribution in [3.05, 3.63) is 56.5 Å². The molecule has 150 valence electrons. The van der Waals surface area contributed by atoms with Gasteiger partial charge in [-0.3, -0.25) is 20.4 Å². The number of aryl methyl sites for hydroxylation is 1. The number of hydrogen-bond donors (Lipinski definition) is 2. The van der Waals surface area contributed by atoms with Gasteiger partial charge >= 0.3 is 0 Å². The number of amides is 2. The maximum atomic E-state index is 12.4. The second-order valence-electron chi connectivity index (χ2n) is 6.22. The van der Waals surface area contributed by atoms with Crippen molar-refractivity contribution >= 4 is 43.7 Å². The number of hydrogen-bond acceptors (Lipinski definition) is 4. The fourth-order valence-corrected chi connectivity index (χ4v) is 3.19. The third-order valence-electron chi connectivity index (χ3n) is 3.63. The molecular weight excluding hydrogens is 492 g/mol. The minimum Gasteiger partial charge on any atom is -0.490 e. The maximum Gasteiger partial charge on any atom is 0.276 e. The minimum absolute atomic E-state index is 0.0896. The van der Waals surface area contributed by atoms with Crippen LogP contribution >= 0.6 is 31.9 Å². The number of carbonyl (C=O) groups excluding carboxylic acids is 2. The van der Waals surface area contributed by atoms with E-state index in [-0.39, 0.29) is 12.7 Å². The van der Waals surface area contributed by atoms with Gasteiger partial charge in [-0.15, -0.1) is 0 Å². The third kappa shape index (κ3) is 6.53. The van der Waals surface area contributed by atoms with Crippen LogP contribution in [0.2, 0.25) is 0 Å². The quantitative estimate of drug-likeness (QED) is 0.538. The van der Waals surface area contributed by atoms with E-state index in [0.29, 0.717) is 17.1 Å². The van der Waals surface area contributed by atoms with Gasteiger partial charge in [-0.1, -0.05) is 28.9 Å². The SMILES string of the molecule is CCc1ccc(OCC(=O)NNC(=O)c2cc(Br)ccc2OC(C)C)c(Br)c1. The summed E-state index contributed by atoms with van der Waals surface area (Å²) >= 11 is 6.75. The lowest BCUT2D eigenvalue weighted by Gasteiger charge is -2.15. The van der Waals surface area contributed by atoms with Crippen molar-refractivity contribution in [2.24, 2.45) is 0 Å². The van der Waals surface area contributed by atoms with Crippen molar-refractivity contribution in [3.63, 3.8) is 0 Å². The zero-order chi connectivity index (χ0) is 20.7. The highest BCUT2D eigenvalue weighted by Crippen LogP contribution is 2.26. The first-order valence-electron chi connectivity index (χ1n) is 8.76. The average molecular weight is 514 g/mol. The smallest absolute Gasteiger partial charge is 0.276 e. The predicted molar refractivity (Wildman–Crippen MR) is 115 cm³/mol. The van der Waals surface area contributed by atoms with E-state index in [1.54, 1.807) is 24.3 Å². The largest absolute Gasteiger partial charge is 0.490 e. The molecule has 2 aromatic carbocycles. The molecule has 0 aromatic heterocycles. The molecule has 2 N–H and O–H groups in total. The standard InChI is InChI=1S/C20H22Br2N2O4/c1-4-13-5-7-18(16(22)9-13)27-11-19(25)23-24-20(26)15-10-14(21)6-8-17(15)28-12(2)3/h5-10,12H,4,11H2,1-3H3,(H,23,25)(H,24,26). The van der Waals surface area contributed by atoms with Crippen molar-refractivity contribution in [2.75, 3.05) is 6.61 Å². The first-order valence-corrected chi connectivity index (χ1v) is 10.3. The molecule has 2 amide bonds. The number of ether oxygens (including phenoxy) is 2. The van der Waals surface area contributed by atoms with Crippen LogP contribution in [0.5, 0.6) is 11.5 Å². The Morgan fingerprint density at radius 3 is 2.39 bits per heavy atom. The van der Waals surface area contributed by atoms with Crippen LogP contribution in [0.1, 0.15) is 36.7 Å². The molecule has 0 heterocycles. The number of nitrogens with one attached hydrogen (secondary N) is 2. The van der Waals surface area contributed by atoms with E-state index in [1.807, 2.05) is 26.0 Å². The third-order valence-corrected chi connectivity index (χ3v) is 4.74. The van der Waals surface area contributed by atoms with Crippen molar-refractivity contribution in [1.82, 2.24) is 10.9 Å². The molecule has 0 saturated carbocycles. The van der Waals surface area contributed by atoms with Crippen molar-refractivity contribution in [3.8, 4) is 11.5 Å². The number of halogens is 2. The molecule has 0 aliphatic rings. The molecular formula is C20H22Br2N2O4. The van der Waals surface area contributed by atoms with Gasteiger partial charge in [0.2, 0.25) is 0 Å². The normalized spacial score (nSPS) is 10.5. The van der Waals surface area contributed by atoms with Crippen LogP contribution < -0.4 is 20.3 Å². The Hall–Kier alpha value is -2.06. The van der Waals surface area contributed by atoms with Gasteiger partial charge < -0.3 is 9.47 Å². The van der Waals surface area contributed by atoms with Crippen LogP contribution in [0.4, 0.5) is 0 Å². The Morgan fingerprint density at radius 2 is 1.75 bits per heavy atom. The van der Waals surface area contributed by atoms with Crippen molar-refractivity contribution in [2.45, 2.75) is 33.3 Å². The zero-order valence-electron chi connectivity index (χ0n) is 15.8. The summed E-state index contributed by atoms with van der Waals surface area (Å²) < 4.78 is 12.6. The first-order chi connectivity index (χ1) is 13.3. The van der Waals surface area contributed by atoms with Crippen LogP contribution in [0.3, 0.4) is 0 Å². The summed E-state index contributed by atoms with van der Waals surface area (Å²) in [5.41, 5.74) is 6.19. The van der Waals surface area contributed by atoms with E-state index in [1.165, 1.54) is 0 Å². The second-order valence-corrected chi connectivity index (χ2v) is 7.99. The maximum absolute atomic E-state index is 12.4.